The van der Waals surface area contributed by atoms with Crippen LogP contribution in [0.3, 0.4) is 0 Å². The number of nitrogens with zero attached hydrogens (tertiary/aromatic N) is 3. The summed E-state index contributed by atoms with van der Waals surface area (Å²) in [6, 6.07) is 4.01. The summed E-state index contributed by atoms with van der Waals surface area (Å²) in [7, 11) is -3.09. The van der Waals surface area contributed by atoms with E-state index in [1.165, 1.54) is 10.6 Å². The van der Waals surface area contributed by atoms with Crippen LogP contribution >= 0.6 is 0 Å². The van der Waals surface area contributed by atoms with Gasteiger partial charge in [-0.15, -0.1) is 0 Å². The van der Waals surface area contributed by atoms with Crippen LogP contribution in [0.1, 0.15) is 18.5 Å². The highest BCUT2D eigenvalue weighted by molar-refractivity contribution is 7.88. The van der Waals surface area contributed by atoms with Crippen molar-refractivity contribution >= 4 is 10.0 Å². The molecule has 2 unspecified atom stereocenters. The average molecular weight is 298 g/mol. The van der Waals surface area contributed by atoms with Crippen LogP contribution in [0, 0.1) is 0 Å². The second-order valence-electron chi connectivity index (χ2n) is 5.28. The molecular weight excluding hydrogens is 276 g/mol. The molecule has 0 amide bonds. The molecule has 1 fully saturated rings. The van der Waals surface area contributed by atoms with Gasteiger partial charge in [0.25, 0.3) is 0 Å². The fourth-order valence-corrected chi connectivity index (χ4v) is 3.55. The van der Waals surface area contributed by atoms with Gasteiger partial charge in [-0.3, -0.25) is 9.88 Å². The van der Waals surface area contributed by atoms with Crippen molar-refractivity contribution in [2.45, 2.75) is 19.0 Å². The van der Waals surface area contributed by atoms with E-state index in [0.29, 0.717) is 26.2 Å². The van der Waals surface area contributed by atoms with Crippen LogP contribution in [0.4, 0.5) is 0 Å². The van der Waals surface area contributed by atoms with Crippen molar-refractivity contribution < 1.29 is 8.42 Å². The fraction of sp³-hybridized carbons (Fsp3) is 0.615. The lowest BCUT2D eigenvalue weighted by atomic mass is 10.00. The third-order valence-electron chi connectivity index (χ3n) is 3.68. The van der Waals surface area contributed by atoms with Gasteiger partial charge in [-0.2, -0.15) is 4.31 Å². The standard InChI is InChI=1S/C13H22N4O2S/c1-11(14)13(12-3-5-15-6-4-12)16-7-9-17(10-8-16)20(2,18)19/h3-6,11,13H,7-10,14H2,1-2H3. The predicted molar refractivity (Wildman–Crippen MR) is 78.6 cm³/mol. The molecule has 0 aromatic carbocycles. The molecule has 2 atom stereocenters. The number of rotatable bonds is 4. The van der Waals surface area contributed by atoms with Crippen LogP contribution < -0.4 is 5.73 Å². The Morgan fingerprint density at radius 1 is 1.20 bits per heavy atom. The molecule has 6 nitrogen and oxygen atoms in total. The molecule has 112 valence electrons. The minimum atomic E-state index is -3.09. The van der Waals surface area contributed by atoms with Gasteiger partial charge in [-0.05, 0) is 24.6 Å². The summed E-state index contributed by atoms with van der Waals surface area (Å²) in [6.07, 6.45) is 4.78. The van der Waals surface area contributed by atoms with Gasteiger partial charge in [0, 0.05) is 50.7 Å². The first-order valence-corrected chi connectivity index (χ1v) is 8.59. The Morgan fingerprint density at radius 2 is 1.75 bits per heavy atom. The molecule has 2 N–H and O–H groups in total. The zero-order valence-electron chi connectivity index (χ0n) is 11.9. The number of pyridine rings is 1. The lowest BCUT2D eigenvalue weighted by Gasteiger charge is -2.40. The van der Waals surface area contributed by atoms with Gasteiger partial charge in [0.15, 0.2) is 0 Å². The second-order valence-corrected chi connectivity index (χ2v) is 7.26. The maximum absolute atomic E-state index is 11.5. The third kappa shape index (κ3) is 3.54. The molecule has 1 aromatic heterocycles. The lowest BCUT2D eigenvalue weighted by molar-refractivity contribution is 0.124. The van der Waals surface area contributed by atoms with Crippen LogP contribution in [-0.4, -0.2) is 61.1 Å². The molecule has 1 aliphatic heterocycles. The molecule has 20 heavy (non-hydrogen) atoms. The Bertz CT molecular complexity index is 525. The second kappa shape index (κ2) is 6.17. The van der Waals surface area contributed by atoms with Crippen molar-refractivity contribution in [2.75, 3.05) is 32.4 Å². The molecular formula is C13H22N4O2S. The normalized spacial score (nSPS) is 21.6. The van der Waals surface area contributed by atoms with E-state index in [1.54, 1.807) is 12.4 Å². The first kappa shape index (κ1) is 15.4. The van der Waals surface area contributed by atoms with Crippen molar-refractivity contribution in [1.82, 2.24) is 14.2 Å². The molecule has 7 heteroatoms. The summed E-state index contributed by atoms with van der Waals surface area (Å²) in [5.41, 5.74) is 7.25. The van der Waals surface area contributed by atoms with E-state index in [-0.39, 0.29) is 12.1 Å². The van der Waals surface area contributed by atoms with Crippen LogP contribution in [-0.2, 0) is 10.0 Å². The van der Waals surface area contributed by atoms with Crippen LogP contribution in [0.25, 0.3) is 0 Å². The largest absolute Gasteiger partial charge is 0.326 e. The third-order valence-corrected chi connectivity index (χ3v) is 4.98. The van der Waals surface area contributed by atoms with Crippen LogP contribution in [0.15, 0.2) is 24.5 Å². The maximum atomic E-state index is 11.5. The topological polar surface area (TPSA) is 79.5 Å². The Balaban J connectivity index is 2.10. The SMILES string of the molecule is CC(N)C(c1ccncc1)N1CCN(S(C)(=O)=O)CC1. The summed E-state index contributed by atoms with van der Waals surface area (Å²) in [4.78, 5) is 6.28. The maximum Gasteiger partial charge on any atom is 0.211 e. The van der Waals surface area contributed by atoms with E-state index < -0.39 is 10.0 Å². The van der Waals surface area contributed by atoms with Gasteiger partial charge >= 0.3 is 0 Å². The number of hydrogen-bond acceptors (Lipinski definition) is 5. The summed E-state index contributed by atoms with van der Waals surface area (Å²) < 4.78 is 24.6. The van der Waals surface area contributed by atoms with E-state index in [9.17, 15) is 8.42 Å². The van der Waals surface area contributed by atoms with Crippen molar-refractivity contribution in [3.05, 3.63) is 30.1 Å². The number of nitrogens with two attached hydrogens (primary N) is 1. The van der Waals surface area contributed by atoms with Crippen molar-refractivity contribution in [2.24, 2.45) is 5.73 Å². The molecule has 2 rings (SSSR count). The molecule has 1 aliphatic rings. The average Bonchev–Trinajstić information content (AvgIpc) is 2.39. The van der Waals surface area contributed by atoms with E-state index in [4.69, 9.17) is 5.73 Å². The highest BCUT2D eigenvalue weighted by atomic mass is 32.2. The van der Waals surface area contributed by atoms with E-state index in [1.807, 2.05) is 19.1 Å². The summed E-state index contributed by atoms with van der Waals surface area (Å²) in [6.45, 7) is 4.41. The molecule has 2 heterocycles. The molecule has 0 bridgehead atoms. The minimum Gasteiger partial charge on any atom is -0.326 e. The van der Waals surface area contributed by atoms with Gasteiger partial charge in [0.1, 0.15) is 0 Å². The molecule has 0 radical (unpaired) electrons. The molecule has 0 spiro atoms. The fourth-order valence-electron chi connectivity index (χ4n) is 2.72. The number of sulfonamides is 1. The van der Waals surface area contributed by atoms with Crippen molar-refractivity contribution in [3.63, 3.8) is 0 Å². The molecule has 0 aliphatic carbocycles. The monoisotopic (exact) mass is 298 g/mol. The van der Waals surface area contributed by atoms with E-state index in [0.717, 1.165) is 5.56 Å². The number of hydrogen-bond donors (Lipinski definition) is 1. The van der Waals surface area contributed by atoms with E-state index in [2.05, 4.69) is 9.88 Å². The van der Waals surface area contributed by atoms with E-state index >= 15 is 0 Å². The van der Waals surface area contributed by atoms with Crippen molar-refractivity contribution in [3.8, 4) is 0 Å². The number of piperazine rings is 1. The smallest absolute Gasteiger partial charge is 0.211 e. The van der Waals surface area contributed by atoms with Crippen molar-refractivity contribution in [1.29, 1.82) is 0 Å². The molecule has 1 aromatic rings. The highest BCUT2D eigenvalue weighted by Crippen LogP contribution is 2.24. The Kier molecular flexibility index (Phi) is 4.74. The minimum absolute atomic E-state index is 0.0258. The summed E-state index contributed by atoms with van der Waals surface area (Å²) >= 11 is 0. The van der Waals surface area contributed by atoms with Gasteiger partial charge in [0.05, 0.1) is 6.26 Å². The Hall–Kier alpha value is -1.02. The number of aromatic nitrogens is 1. The first-order chi connectivity index (χ1) is 9.39. The van der Waals surface area contributed by atoms with Gasteiger partial charge < -0.3 is 5.73 Å². The zero-order valence-corrected chi connectivity index (χ0v) is 12.8. The summed E-state index contributed by atoms with van der Waals surface area (Å²) in [5.74, 6) is 0. The zero-order chi connectivity index (χ0) is 14.8. The van der Waals surface area contributed by atoms with Crippen LogP contribution in [0.5, 0.6) is 0 Å². The van der Waals surface area contributed by atoms with Crippen LogP contribution in [0.2, 0.25) is 0 Å². The Labute approximate surface area is 120 Å². The predicted octanol–water partition coefficient (Wildman–Crippen LogP) is 0.0471. The Morgan fingerprint density at radius 3 is 2.20 bits per heavy atom. The molecule has 0 saturated carbocycles. The highest BCUT2D eigenvalue weighted by Gasteiger charge is 2.30. The quantitative estimate of drug-likeness (QED) is 0.849. The molecule has 1 saturated heterocycles. The summed E-state index contributed by atoms with van der Waals surface area (Å²) in [5, 5.41) is 0. The first-order valence-electron chi connectivity index (χ1n) is 6.74. The van der Waals surface area contributed by atoms with Gasteiger partial charge in [-0.25, -0.2) is 8.42 Å². The van der Waals surface area contributed by atoms with Gasteiger partial charge in [-0.1, -0.05) is 0 Å². The van der Waals surface area contributed by atoms with Gasteiger partial charge in [0.2, 0.25) is 10.0 Å². The lowest BCUT2D eigenvalue weighted by Crippen LogP contribution is -2.52.